The summed E-state index contributed by atoms with van der Waals surface area (Å²) in [6.07, 6.45) is 6.07. The summed E-state index contributed by atoms with van der Waals surface area (Å²) in [4.78, 5) is 24.2. The SMILES string of the molecule is CC(C)C(=O)Nc1cccc(NC(=O)CC2(CN)CCCCC2)c1.Cl. The molecule has 0 atom stereocenters. The first kappa shape index (κ1) is 21.5. The summed E-state index contributed by atoms with van der Waals surface area (Å²) in [5.74, 6) is -0.128. The standard InChI is InChI=1S/C19H29N3O2.ClH/c1-14(2)18(24)22-16-8-6-7-15(11-16)21-17(23)12-19(13-20)9-4-3-5-10-19;/h6-8,11,14H,3-5,9-10,12-13,20H2,1-2H3,(H,21,23)(H,22,24);1H. The Morgan fingerprint density at radius 2 is 1.72 bits per heavy atom. The first-order valence-corrected chi connectivity index (χ1v) is 8.85. The molecule has 4 N–H and O–H groups in total. The van der Waals surface area contributed by atoms with E-state index in [1.54, 1.807) is 6.07 Å². The summed E-state index contributed by atoms with van der Waals surface area (Å²) >= 11 is 0. The van der Waals surface area contributed by atoms with E-state index in [1.807, 2.05) is 32.0 Å². The molecular formula is C19H30ClN3O2. The highest BCUT2D eigenvalue weighted by Gasteiger charge is 2.32. The zero-order chi connectivity index (χ0) is 17.6. The molecule has 0 saturated heterocycles. The lowest BCUT2D eigenvalue weighted by molar-refractivity contribution is -0.119. The number of benzene rings is 1. The van der Waals surface area contributed by atoms with E-state index in [0.29, 0.717) is 24.3 Å². The second-order valence-corrected chi connectivity index (χ2v) is 7.21. The lowest BCUT2D eigenvalue weighted by Gasteiger charge is -2.35. The summed E-state index contributed by atoms with van der Waals surface area (Å²) in [5.41, 5.74) is 7.30. The molecule has 1 aliphatic carbocycles. The van der Waals surface area contributed by atoms with Crippen molar-refractivity contribution in [2.45, 2.75) is 52.4 Å². The van der Waals surface area contributed by atoms with Crippen molar-refractivity contribution in [2.75, 3.05) is 17.2 Å². The van der Waals surface area contributed by atoms with Crippen molar-refractivity contribution < 1.29 is 9.59 Å². The monoisotopic (exact) mass is 367 g/mol. The minimum Gasteiger partial charge on any atom is -0.330 e. The molecule has 2 rings (SSSR count). The molecule has 25 heavy (non-hydrogen) atoms. The van der Waals surface area contributed by atoms with E-state index in [1.165, 1.54) is 6.42 Å². The molecule has 1 aliphatic rings. The van der Waals surface area contributed by atoms with E-state index in [2.05, 4.69) is 10.6 Å². The van der Waals surface area contributed by atoms with Gasteiger partial charge in [0.05, 0.1) is 0 Å². The Kier molecular flexibility index (Phi) is 8.39. The number of anilines is 2. The van der Waals surface area contributed by atoms with Gasteiger partial charge in [-0.15, -0.1) is 12.4 Å². The van der Waals surface area contributed by atoms with Crippen molar-refractivity contribution >= 4 is 35.6 Å². The summed E-state index contributed by atoms with van der Waals surface area (Å²) < 4.78 is 0. The van der Waals surface area contributed by atoms with Gasteiger partial charge in [-0.2, -0.15) is 0 Å². The van der Waals surface area contributed by atoms with Crippen LogP contribution in [0.15, 0.2) is 24.3 Å². The smallest absolute Gasteiger partial charge is 0.226 e. The molecule has 2 amide bonds. The first-order chi connectivity index (χ1) is 11.4. The summed E-state index contributed by atoms with van der Waals surface area (Å²) in [6, 6.07) is 7.26. The third kappa shape index (κ3) is 6.33. The molecule has 0 aromatic heterocycles. The van der Waals surface area contributed by atoms with Gasteiger partial charge in [0.15, 0.2) is 0 Å². The van der Waals surface area contributed by atoms with E-state index in [-0.39, 0.29) is 35.6 Å². The maximum atomic E-state index is 12.4. The number of halogens is 1. The molecule has 1 saturated carbocycles. The quantitative estimate of drug-likeness (QED) is 0.711. The second-order valence-electron chi connectivity index (χ2n) is 7.21. The Labute approximate surface area is 156 Å². The van der Waals surface area contributed by atoms with Gasteiger partial charge < -0.3 is 16.4 Å². The number of amides is 2. The predicted molar refractivity (Wildman–Crippen MR) is 105 cm³/mol. The molecule has 140 valence electrons. The number of hydrogen-bond donors (Lipinski definition) is 3. The molecule has 0 aliphatic heterocycles. The Morgan fingerprint density at radius 1 is 1.12 bits per heavy atom. The van der Waals surface area contributed by atoms with Crippen LogP contribution < -0.4 is 16.4 Å². The van der Waals surface area contributed by atoms with E-state index < -0.39 is 0 Å². The maximum absolute atomic E-state index is 12.4. The Morgan fingerprint density at radius 3 is 2.28 bits per heavy atom. The lowest BCUT2D eigenvalue weighted by Crippen LogP contribution is -2.36. The van der Waals surface area contributed by atoms with Gasteiger partial charge in [-0.05, 0) is 43.0 Å². The molecule has 0 heterocycles. The second kappa shape index (κ2) is 9.78. The van der Waals surface area contributed by atoms with Crippen molar-refractivity contribution in [3.05, 3.63) is 24.3 Å². The highest BCUT2D eigenvalue weighted by atomic mass is 35.5. The predicted octanol–water partition coefficient (Wildman–Crippen LogP) is 3.94. The van der Waals surface area contributed by atoms with Crippen molar-refractivity contribution in [3.63, 3.8) is 0 Å². The lowest BCUT2D eigenvalue weighted by atomic mass is 9.71. The van der Waals surface area contributed by atoms with Gasteiger partial charge in [-0.25, -0.2) is 0 Å². The summed E-state index contributed by atoms with van der Waals surface area (Å²) in [6.45, 7) is 4.25. The molecule has 1 fully saturated rings. The van der Waals surface area contributed by atoms with Gasteiger partial charge in [-0.1, -0.05) is 39.2 Å². The van der Waals surface area contributed by atoms with Gasteiger partial charge in [0.25, 0.3) is 0 Å². The molecule has 0 unspecified atom stereocenters. The van der Waals surface area contributed by atoms with Crippen LogP contribution in [0.25, 0.3) is 0 Å². The Bertz CT molecular complexity index is 584. The topological polar surface area (TPSA) is 84.2 Å². The van der Waals surface area contributed by atoms with E-state index >= 15 is 0 Å². The minimum absolute atomic E-state index is 0. The minimum atomic E-state index is -0.0843. The van der Waals surface area contributed by atoms with Gasteiger partial charge in [-0.3, -0.25) is 9.59 Å². The molecule has 1 aromatic rings. The third-order valence-corrected chi connectivity index (χ3v) is 4.82. The van der Waals surface area contributed by atoms with Gasteiger partial charge >= 0.3 is 0 Å². The van der Waals surface area contributed by atoms with Crippen molar-refractivity contribution in [1.29, 1.82) is 0 Å². The number of nitrogens with one attached hydrogen (secondary N) is 2. The fourth-order valence-corrected chi connectivity index (χ4v) is 3.26. The highest BCUT2D eigenvalue weighted by Crippen LogP contribution is 2.38. The van der Waals surface area contributed by atoms with Crippen molar-refractivity contribution in [2.24, 2.45) is 17.1 Å². The number of carbonyl (C=O) groups is 2. The Hall–Kier alpha value is -1.59. The Balaban J connectivity index is 0.00000312. The van der Waals surface area contributed by atoms with E-state index in [9.17, 15) is 9.59 Å². The van der Waals surface area contributed by atoms with Crippen LogP contribution in [-0.2, 0) is 9.59 Å². The molecule has 5 nitrogen and oxygen atoms in total. The van der Waals surface area contributed by atoms with Crippen LogP contribution in [0.4, 0.5) is 11.4 Å². The van der Waals surface area contributed by atoms with Crippen LogP contribution in [-0.4, -0.2) is 18.4 Å². The number of rotatable bonds is 6. The fraction of sp³-hybridized carbons (Fsp3) is 0.579. The average Bonchev–Trinajstić information content (AvgIpc) is 2.55. The third-order valence-electron chi connectivity index (χ3n) is 4.82. The van der Waals surface area contributed by atoms with Gasteiger partial charge in [0.1, 0.15) is 0 Å². The normalized spacial score (nSPS) is 16.0. The van der Waals surface area contributed by atoms with Crippen molar-refractivity contribution in [3.8, 4) is 0 Å². The molecule has 0 radical (unpaired) electrons. The highest BCUT2D eigenvalue weighted by molar-refractivity contribution is 5.94. The molecule has 6 heteroatoms. The maximum Gasteiger partial charge on any atom is 0.226 e. The zero-order valence-electron chi connectivity index (χ0n) is 15.1. The molecule has 0 bridgehead atoms. The largest absolute Gasteiger partial charge is 0.330 e. The number of nitrogens with two attached hydrogens (primary N) is 1. The average molecular weight is 368 g/mol. The number of hydrogen-bond acceptors (Lipinski definition) is 3. The van der Waals surface area contributed by atoms with Crippen LogP contribution in [0, 0.1) is 11.3 Å². The van der Waals surface area contributed by atoms with E-state index in [4.69, 9.17) is 5.73 Å². The zero-order valence-corrected chi connectivity index (χ0v) is 16.0. The van der Waals surface area contributed by atoms with Gasteiger partial charge in [0.2, 0.25) is 11.8 Å². The summed E-state index contributed by atoms with van der Waals surface area (Å²) in [5, 5.41) is 5.79. The molecule has 1 aromatic carbocycles. The fourth-order valence-electron chi connectivity index (χ4n) is 3.26. The number of carbonyl (C=O) groups excluding carboxylic acids is 2. The van der Waals surface area contributed by atoms with Crippen LogP contribution in [0.2, 0.25) is 0 Å². The van der Waals surface area contributed by atoms with Crippen LogP contribution in [0.1, 0.15) is 52.4 Å². The van der Waals surface area contributed by atoms with Gasteiger partial charge in [0, 0.05) is 23.7 Å². The van der Waals surface area contributed by atoms with Crippen LogP contribution in [0.5, 0.6) is 0 Å². The summed E-state index contributed by atoms with van der Waals surface area (Å²) in [7, 11) is 0. The van der Waals surface area contributed by atoms with Crippen LogP contribution >= 0.6 is 12.4 Å². The molecular weight excluding hydrogens is 338 g/mol. The van der Waals surface area contributed by atoms with Crippen molar-refractivity contribution in [1.82, 2.24) is 0 Å². The molecule has 0 spiro atoms. The van der Waals surface area contributed by atoms with E-state index in [0.717, 1.165) is 25.7 Å². The first-order valence-electron chi connectivity index (χ1n) is 8.85. The van der Waals surface area contributed by atoms with Crippen LogP contribution in [0.3, 0.4) is 0 Å².